The lowest BCUT2D eigenvalue weighted by molar-refractivity contribution is 0.169. The second-order valence-electron chi connectivity index (χ2n) is 6.30. The molecule has 4 amide bonds. The smallest absolute Gasteiger partial charge is 0.324 e. The molecule has 0 atom stereocenters. The van der Waals surface area contributed by atoms with Crippen LogP contribution in [0.4, 0.5) is 25.5 Å². The van der Waals surface area contributed by atoms with E-state index in [9.17, 15) is 14.0 Å². The van der Waals surface area contributed by atoms with Crippen molar-refractivity contribution in [1.29, 1.82) is 0 Å². The Hall–Kier alpha value is -3.10. The second-order valence-corrected chi connectivity index (χ2v) is 6.30. The molecule has 1 aromatic heterocycles. The molecule has 9 heteroatoms. The normalized spacial score (nSPS) is 14.7. The number of nitrogens with zero attached hydrogens (tertiary/aromatic N) is 3. The zero-order valence-electron chi connectivity index (χ0n) is 15.1. The maximum absolute atomic E-state index is 13.2. The fourth-order valence-corrected chi connectivity index (χ4v) is 3.13. The number of piperidine rings is 1. The number of hydrogen-bond acceptors (Lipinski definition) is 3. The van der Waals surface area contributed by atoms with Gasteiger partial charge in [0.1, 0.15) is 11.6 Å². The number of urea groups is 2. The first kappa shape index (κ1) is 18.7. The van der Waals surface area contributed by atoms with Crippen LogP contribution in [0.3, 0.4) is 0 Å². The molecule has 1 fully saturated rings. The molecule has 1 aliphatic rings. The standard InChI is InChI=1S/C18H23FN6O2/c1-2-20-18(27)24-10-7-15(8-11-24)25-16(6-9-21-25)23-17(26)22-14-5-3-4-13(19)12-14/h3-6,9,12,15H,2,7-8,10-11H2,1H3,(H,20,27)(H2,22,23,26). The highest BCUT2D eigenvalue weighted by molar-refractivity contribution is 5.99. The summed E-state index contributed by atoms with van der Waals surface area (Å²) in [5.74, 6) is 0.136. The average Bonchev–Trinajstić information content (AvgIpc) is 3.10. The van der Waals surface area contributed by atoms with Gasteiger partial charge in [-0.25, -0.2) is 18.7 Å². The van der Waals surface area contributed by atoms with Crippen LogP contribution in [0.5, 0.6) is 0 Å². The Balaban J connectivity index is 1.58. The van der Waals surface area contributed by atoms with Crippen molar-refractivity contribution in [1.82, 2.24) is 20.0 Å². The number of rotatable bonds is 4. The van der Waals surface area contributed by atoms with Crippen LogP contribution in [0.15, 0.2) is 36.5 Å². The number of amides is 4. The fourth-order valence-electron chi connectivity index (χ4n) is 3.13. The molecular formula is C18H23FN6O2. The van der Waals surface area contributed by atoms with Crippen molar-refractivity contribution in [2.75, 3.05) is 30.3 Å². The van der Waals surface area contributed by atoms with Gasteiger partial charge in [0, 0.05) is 31.4 Å². The highest BCUT2D eigenvalue weighted by Crippen LogP contribution is 2.25. The van der Waals surface area contributed by atoms with Crippen molar-refractivity contribution >= 4 is 23.6 Å². The summed E-state index contributed by atoms with van der Waals surface area (Å²) in [4.78, 5) is 25.9. The number of aromatic nitrogens is 2. The number of carbonyl (C=O) groups is 2. The monoisotopic (exact) mass is 374 g/mol. The van der Waals surface area contributed by atoms with Gasteiger partial charge in [-0.15, -0.1) is 0 Å². The predicted molar refractivity (Wildman–Crippen MR) is 100 cm³/mol. The molecule has 1 aromatic carbocycles. The topological polar surface area (TPSA) is 91.3 Å². The maximum Gasteiger partial charge on any atom is 0.324 e. The Bertz CT molecular complexity index is 801. The van der Waals surface area contributed by atoms with Gasteiger partial charge >= 0.3 is 12.1 Å². The van der Waals surface area contributed by atoms with E-state index in [-0.39, 0.29) is 12.1 Å². The molecular weight excluding hydrogens is 351 g/mol. The van der Waals surface area contributed by atoms with Crippen LogP contribution in [0.2, 0.25) is 0 Å². The summed E-state index contributed by atoms with van der Waals surface area (Å²) in [5, 5.41) is 12.5. The molecule has 1 aliphatic heterocycles. The summed E-state index contributed by atoms with van der Waals surface area (Å²) in [7, 11) is 0. The molecule has 3 N–H and O–H groups in total. The Morgan fingerprint density at radius 1 is 1.22 bits per heavy atom. The largest absolute Gasteiger partial charge is 0.338 e. The minimum absolute atomic E-state index is 0.0516. The first-order chi connectivity index (χ1) is 13.1. The first-order valence-corrected chi connectivity index (χ1v) is 8.96. The minimum Gasteiger partial charge on any atom is -0.338 e. The van der Waals surface area contributed by atoms with E-state index in [4.69, 9.17) is 0 Å². The van der Waals surface area contributed by atoms with Crippen molar-refractivity contribution in [2.24, 2.45) is 0 Å². The zero-order valence-corrected chi connectivity index (χ0v) is 15.1. The third kappa shape index (κ3) is 4.75. The summed E-state index contributed by atoms with van der Waals surface area (Å²) < 4.78 is 15.0. The molecule has 2 heterocycles. The maximum atomic E-state index is 13.2. The van der Waals surface area contributed by atoms with E-state index in [1.807, 2.05) is 6.92 Å². The van der Waals surface area contributed by atoms with Crippen molar-refractivity contribution in [3.8, 4) is 0 Å². The molecule has 0 bridgehead atoms. The number of likely N-dealkylation sites (tertiary alicyclic amines) is 1. The molecule has 0 radical (unpaired) electrons. The van der Waals surface area contributed by atoms with Gasteiger partial charge < -0.3 is 15.5 Å². The van der Waals surface area contributed by atoms with E-state index in [0.717, 1.165) is 12.8 Å². The lowest BCUT2D eigenvalue weighted by Crippen LogP contribution is -2.44. The first-order valence-electron chi connectivity index (χ1n) is 8.96. The van der Waals surface area contributed by atoms with E-state index in [2.05, 4.69) is 21.0 Å². The summed E-state index contributed by atoms with van der Waals surface area (Å²) in [6.45, 7) is 3.75. The van der Waals surface area contributed by atoms with Crippen LogP contribution in [-0.2, 0) is 0 Å². The van der Waals surface area contributed by atoms with Gasteiger partial charge in [0.2, 0.25) is 0 Å². The Morgan fingerprint density at radius 3 is 2.70 bits per heavy atom. The molecule has 0 saturated carbocycles. The SMILES string of the molecule is CCNC(=O)N1CCC(n2nccc2NC(=O)Nc2cccc(F)c2)CC1. The zero-order chi connectivity index (χ0) is 19.2. The predicted octanol–water partition coefficient (Wildman–Crippen LogP) is 3.03. The molecule has 144 valence electrons. The molecule has 0 aliphatic carbocycles. The van der Waals surface area contributed by atoms with Gasteiger partial charge in [0.25, 0.3) is 0 Å². The van der Waals surface area contributed by atoms with Crippen LogP contribution in [0.25, 0.3) is 0 Å². The van der Waals surface area contributed by atoms with Crippen LogP contribution in [-0.4, -0.2) is 46.4 Å². The van der Waals surface area contributed by atoms with Crippen molar-refractivity contribution in [3.63, 3.8) is 0 Å². The molecule has 8 nitrogen and oxygen atoms in total. The highest BCUT2D eigenvalue weighted by atomic mass is 19.1. The molecule has 1 saturated heterocycles. The number of nitrogens with one attached hydrogen (secondary N) is 3. The third-order valence-corrected chi connectivity index (χ3v) is 4.42. The summed E-state index contributed by atoms with van der Waals surface area (Å²) in [6.07, 6.45) is 3.12. The van der Waals surface area contributed by atoms with Crippen LogP contribution in [0.1, 0.15) is 25.8 Å². The molecule has 0 unspecified atom stereocenters. The Labute approximate surface area is 156 Å². The number of anilines is 2. The van der Waals surface area contributed by atoms with E-state index in [1.165, 1.54) is 18.2 Å². The van der Waals surface area contributed by atoms with Gasteiger partial charge in [-0.05, 0) is 38.0 Å². The van der Waals surface area contributed by atoms with Crippen LogP contribution >= 0.6 is 0 Å². The van der Waals surface area contributed by atoms with Crippen LogP contribution < -0.4 is 16.0 Å². The van der Waals surface area contributed by atoms with Gasteiger partial charge in [-0.1, -0.05) is 6.07 Å². The summed E-state index contributed by atoms with van der Waals surface area (Å²) in [6, 6.07) is 6.97. The molecule has 3 rings (SSSR count). The minimum atomic E-state index is -0.470. The Kier molecular flexibility index (Phi) is 5.90. The van der Waals surface area contributed by atoms with E-state index in [1.54, 1.807) is 27.9 Å². The lowest BCUT2D eigenvalue weighted by Gasteiger charge is -2.32. The molecule has 2 aromatic rings. The number of hydrogen-bond donors (Lipinski definition) is 3. The van der Waals surface area contributed by atoms with E-state index >= 15 is 0 Å². The summed E-state index contributed by atoms with van der Waals surface area (Å²) >= 11 is 0. The van der Waals surface area contributed by atoms with Crippen molar-refractivity contribution in [3.05, 3.63) is 42.3 Å². The van der Waals surface area contributed by atoms with Gasteiger partial charge in [0.15, 0.2) is 0 Å². The van der Waals surface area contributed by atoms with Gasteiger partial charge in [-0.2, -0.15) is 5.10 Å². The number of benzene rings is 1. The quantitative estimate of drug-likeness (QED) is 0.768. The molecule has 27 heavy (non-hydrogen) atoms. The molecule has 0 spiro atoms. The number of carbonyl (C=O) groups excluding carboxylic acids is 2. The second kappa shape index (κ2) is 8.52. The van der Waals surface area contributed by atoms with Gasteiger partial charge in [0.05, 0.1) is 12.2 Å². The average molecular weight is 374 g/mol. The van der Waals surface area contributed by atoms with Crippen molar-refractivity contribution in [2.45, 2.75) is 25.8 Å². The highest BCUT2D eigenvalue weighted by Gasteiger charge is 2.25. The summed E-state index contributed by atoms with van der Waals surface area (Å²) in [5.41, 5.74) is 0.369. The third-order valence-electron chi connectivity index (χ3n) is 4.42. The van der Waals surface area contributed by atoms with Crippen molar-refractivity contribution < 1.29 is 14.0 Å². The lowest BCUT2D eigenvalue weighted by atomic mass is 10.1. The van der Waals surface area contributed by atoms with E-state index in [0.29, 0.717) is 31.1 Å². The van der Waals surface area contributed by atoms with Gasteiger partial charge in [-0.3, -0.25) is 5.32 Å². The van der Waals surface area contributed by atoms with E-state index < -0.39 is 11.8 Å². The number of halogens is 1. The van der Waals surface area contributed by atoms with Crippen LogP contribution in [0, 0.1) is 5.82 Å². The Morgan fingerprint density at radius 2 is 2.00 bits per heavy atom. The fraction of sp³-hybridized carbons (Fsp3) is 0.389.